The summed E-state index contributed by atoms with van der Waals surface area (Å²) in [5, 5.41) is 31.6. The first-order valence-corrected chi connectivity index (χ1v) is 11.0. The Labute approximate surface area is 195 Å². The first kappa shape index (κ1) is 21.8. The van der Waals surface area contributed by atoms with E-state index >= 15 is 0 Å². The Bertz CT molecular complexity index is 1250. The van der Waals surface area contributed by atoms with Crippen molar-refractivity contribution in [1.29, 1.82) is 0 Å². The van der Waals surface area contributed by atoms with E-state index in [9.17, 15) is 19.8 Å². The molecule has 0 aromatic heterocycles. The number of hydrogen-bond donors (Lipinski definition) is 4. The molecule has 0 saturated heterocycles. The number of nitrogens with one attached hydrogen (secondary N) is 1. The topological polar surface area (TPSA) is 125 Å². The van der Waals surface area contributed by atoms with Crippen LogP contribution in [0.25, 0.3) is 0 Å². The van der Waals surface area contributed by atoms with Gasteiger partial charge in [0, 0.05) is 42.0 Å². The van der Waals surface area contributed by atoms with E-state index in [4.69, 9.17) is 14.6 Å². The highest BCUT2D eigenvalue weighted by Gasteiger charge is 2.53. The van der Waals surface area contributed by atoms with E-state index in [1.54, 1.807) is 30.3 Å². The van der Waals surface area contributed by atoms with Crippen molar-refractivity contribution >= 4 is 11.9 Å². The van der Waals surface area contributed by atoms with Crippen molar-refractivity contribution in [1.82, 2.24) is 5.32 Å². The normalized spacial score (nSPS) is 14.6. The average Bonchev–Trinajstić information content (AvgIpc) is 3.08. The molecule has 4 N–H and O–H groups in total. The van der Waals surface area contributed by atoms with E-state index in [1.807, 2.05) is 0 Å². The van der Waals surface area contributed by atoms with Gasteiger partial charge in [-0.1, -0.05) is 12.1 Å². The summed E-state index contributed by atoms with van der Waals surface area (Å²) in [5.41, 5.74) is 1.37. The third kappa shape index (κ3) is 3.52. The minimum absolute atomic E-state index is 0.0117. The zero-order valence-electron chi connectivity index (χ0n) is 18.2. The number of amides is 1. The van der Waals surface area contributed by atoms with Crippen LogP contribution >= 0.6 is 0 Å². The van der Waals surface area contributed by atoms with E-state index in [0.29, 0.717) is 58.7 Å². The lowest BCUT2D eigenvalue weighted by Gasteiger charge is -2.36. The molecule has 174 valence electrons. The van der Waals surface area contributed by atoms with Crippen LogP contribution in [0.15, 0.2) is 54.6 Å². The molecule has 0 fully saturated rings. The van der Waals surface area contributed by atoms with Crippen molar-refractivity contribution in [3.05, 3.63) is 82.4 Å². The Morgan fingerprint density at radius 2 is 1.53 bits per heavy atom. The van der Waals surface area contributed by atoms with Gasteiger partial charge in [0.2, 0.25) is 5.91 Å². The van der Waals surface area contributed by atoms with Crippen LogP contribution in [0.5, 0.6) is 23.0 Å². The number of unbranched alkanes of at least 4 members (excludes halogenated alkanes) is 1. The van der Waals surface area contributed by atoms with Gasteiger partial charge in [0.25, 0.3) is 0 Å². The number of esters is 1. The van der Waals surface area contributed by atoms with Crippen LogP contribution in [0, 0.1) is 0 Å². The minimum atomic E-state index is -1.32. The van der Waals surface area contributed by atoms with E-state index < -0.39 is 11.6 Å². The first-order valence-electron chi connectivity index (χ1n) is 11.0. The average molecular weight is 461 g/mol. The van der Waals surface area contributed by atoms with Crippen LogP contribution in [0.4, 0.5) is 0 Å². The molecule has 2 aliphatic rings. The molecule has 8 nitrogen and oxygen atoms in total. The lowest BCUT2D eigenvalue weighted by molar-refractivity contribution is -0.120. The van der Waals surface area contributed by atoms with Gasteiger partial charge in [-0.2, -0.15) is 0 Å². The molecule has 1 amide bonds. The van der Waals surface area contributed by atoms with Crippen LogP contribution in [-0.2, 0) is 21.6 Å². The summed E-state index contributed by atoms with van der Waals surface area (Å²) in [7, 11) is 0. The Hall–Kier alpha value is -4.04. The SMILES string of the molecule is O=C(Cc1ccc2c(c1)C(=O)OC21c2ccc(O)cc2Oc2cc(O)ccc21)NCCCCO. The number of benzene rings is 3. The van der Waals surface area contributed by atoms with Gasteiger partial charge in [-0.25, -0.2) is 4.79 Å². The number of phenolic OH excluding ortho intramolecular Hbond substituents is 2. The van der Waals surface area contributed by atoms with Crippen LogP contribution < -0.4 is 10.1 Å². The Morgan fingerprint density at radius 1 is 0.882 bits per heavy atom. The van der Waals surface area contributed by atoms with Gasteiger partial charge in [0.1, 0.15) is 23.0 Å². The number of aromatic hydroxyl groups is 2. The molecule has 0 saturated carbocycles. The molecule has 5 rings (SSSR count). The fourth-order valence-electron chi connectivity index (χ4n) is 4.58. The van der Waals surface area contributed by atoms with Gasteiger partial charge in [-0.15, -0.1) is 0 Å². The van der Waals surface area contributed by atoms with Gasteiger partial charge >= 0.3 is 5.97 Å². The van der Waals surface area contributed by atoms with E-state index in [-0.39, 0.29) is 30.4 Å². The maximum atomic E-state index is 13.1. The number of carbonyl (C=O) groups is 2. The molecular weight excluding hydrogens is 438 g/mol. The van der Waals surface area contributed by atoms with Crippen molar-refractivity contribution < 1.29 is 34.4 Å². The molecule has 34 heavy (non-hydrogen) atoms. The molecule has 0 aliphatic carbocycles. The second-order valence-electron chi connectivity index (χ2n) is 8.37. The highest BCUT2D eigenvalue weighted by Crippen LogP contribution is 2.57. The second-order valence-corrected chi connectivity index (χ2v) is 8.37. The Balaban J connectivity index is 1.55. The summed E-state index contributed by atoms with van der Waals surface area (Å²) in [4.78, 5) is 25.4. The maximum absolute atomic E-state index is 13.1. The third-order valence-corrected chi connectivity index (χ3v) is 6.11. The molecule has 2 aliphatic heterocycles. The predicted molar refractivity (Wildman–Crippen MR) is 121 cm³/mol. The van der Waals surface area contributed by atoms with E-state index in [0.717, 1.165) is 0 Å². The molecule has 0 atom stereocenters. The second kappa shape index (κ2) is 8.39. The van der Waals surface area contributed by atoms with Crippen molar-refractivity contribution in [2.75, 3.05) is 13.2 Å². The highest BCUT2D eigenvalue weighted by atomic mass is 16.6. The molecule has 2 heterocycles. The standard InChI is InChI=1S/C26H23NO7/c28-10-2-1-9-27-24(31)12-15-3-6-19-18(11-15)25(32)34-26(19)20-7-4-16(29)13-22(20)33-23-14-17(30)5-8-21(23)26/h3-8,11,13-14,28-30H,1-2,9-10,12H2,(H,27,31). The predicted octanol–water partition coefficient (Wildman–Crippen LogP) is 3.10. The van der Waals surface area contributed by atoms with Crippen LogP contribution in [0.2, 0.25) is 0 Å². The number of rotatable bonds is 6. The van der Waals surface area contributed by atoms with Gasteiger partial charge in [-0.05, 0) is 48.7 Å². The zero-order chi connectivity index (χ0) is 23.9. The van der Waals surface area contributed by atoms with E-state index in [2.05, 4.69) is 5.32 Å². The maximum Gasteiger partial charge on any atom is 0.340 e. The fraction of sp³-hybridized carbons (Fsp3) is 0.231. The first-order chi connectivity index (χ1) is 16.4. The summed E-state index contributed by atoms with van der Waals surface area (Å²) in [6.45, 7) is 0.559. The Kier molecular flexibility index (Phi) is 5.37. The van der Waals surface area contributed by atoms with Crippen molar-refractivity contribution in [3.63, 3.8) is 0 Å². The Morgan fingerprint density at radius 3 is 2.18 bits per heavy atom. The number of fused-ring (bicyclic) bond motifs is 6. The molecular formula is C26H23NO7. The van der Waals surface area contributed by atoms with Gasteiger partial charge in [0.15, 0.2) is 5.60 Å². The van der Waals surface area contributed by atoms with Crippen molar-refractivity contribution in [3.8, 4) is 23.0 Å². The number of ether oxygens (including phenoxy) is 2. The molecule has 0 unspecified atom stereocenters. The van der Waals surface area contributed by atoms with Gasteiger partial charge in [0.05, 0.1) is 12.0 Å². The third-order valence-electron chi connectivity index (χ3n) is 6.11. The smallest absolute Gasteiger partial charge is 0.340 e. The summed E-state index contributed by atoms with van der Waals surface area (Å²) in [6, 6.07) is 14.4. The molecule has 0 bridgehead atoms. The van der Waals surface area contributed by atoms with Gasteiger partial charge in [-0.3, -0.25) is 4.79 Å². The quantitative estimate of drug-likeness (QED) is 0.328. The van der Waals surface area contributed by atoms with Gasteiger partial charge < -0.3 is 30.1 Å². The fourth-order valence-corrected chi connectivity index (χ4v) is 4.58. The van der Waals surface area contributed by atoms with Crippen molar-refractivity contribution in [2.24, 2.45) is 0 Å². The lowest BCUT2D eigenvalue weighted by atomic mass is 9.77. The monoisotopic (exact) mass is 461 g/mol. The number of carbonyl (C=O) groups excluding carboxylic acids is 2. The molecule has 1 spiro atoms. The number of aliphatic hydroxyl groups is 1. The zero-order valence-corrected chi connectivity index (χ0v) is 18.2. The summed E-state index contributed by atoms with van der Waals surface area (Å²) >= 11 is 0. The van der Waals surface area contributed by atoms with Crippen LogP contribution in [-0.4, -0.2) is 40.3 Å². The van der Waals surface area contributed by atoms with Crippen LogP contribution in [0.1, 0.15) is 45.5 Å². The van der Waals surface area contributed by atoms with E-state index in [1.165, 1.54) is 24.3 Å². The number of hydrogen-bond acceptors (Lipinski definition) is 7. The largest absolute Gasteiger partial charge is 0.508 e. The highest BCUT2D eigenvalue weighted by molar-refractivity contribution is 5.97. The molecule has 3 aromatic rings. The lowest BCUT2D eigenvalue weighted by Crippen LogP contribution is -2.32. The molecule has 8 heteroatoms. The summed E-state index contributed by atoms with van der Waals surface area (Å²) in [5.74, 6) is -0.119. The summed E-state index contributed by atoms with van der Waals surface area (Å²) < 4.78 is 12.0. The number of aliphatic hydroxyl groups excluding tert-OH is 1. The summed E-state index contributed by atoms with van der Waals surface area (Å²) in [6.07, 6.45) is 1.41. The number of phenols is 2. The minimum Gasteiger partial charge on any atom is -0.508 e. The van der Waals surface area contributed by atoms with Crippen molar-refractivity contribution in [2.45, 2.75) is 24.9 Å². The van der Waals surface area contributed by atoms with Crippen LogP contribution in [0.3, 0.4) is 0 Å². The molecule has 3 aromatic carbocycles. The molecule has 0 radical (unpaired) electrons.